The summed E-state index contributed by atoms with van der Waals surface area (Å²) >= 11 is 18.6. The number of thiocarbonyl (C=S) groups is 1. The number of carbonyl (C=O) groups is 1. The van der Waals surface area contributed by atoms with Gasteiger partial charge in [0.1, 0.15) is 5.75 Å². The molecule has 0 aliphatic carbocycles. The van der Waals surface area contributed by atoms with Crippen molar-refractivity contribution in [2.45, 2.75) is 0 Å². The minimum absolute atomic E-state index is 0.189. The van der Waals surface area contributed by atoms with E-state index in [0.717, 1.165) is 11.3 Å². The number of nitrogens with zero attached hydrogens (tertiary/aromatic N) is 1. The Bertz CT molecular complexity index is 867. The number of thioether (sulfide) groups is 1. The number of benzene rings is 2. The number of hydrogen-bond acceptors (Lipinski definition) is 4. The van der Waals surface area contributed by atoms with Crippen molar-refractivity contribution in [1.82, 2.24) is 0 Å². The van der Waals surface area contributed by atoms with E-state index in [9.17, 15) is 4.79 Å². The summed E-state index contributed by atoms with van der Waals surface area (Å²) in [4.78, 5) is 14.7. The number of carbonyl (C=O) groups excluding carboxylic acids is 1. The molecular weight excluding hydrogens is 385 g/mol. The molecule has 1 amide bonds. The van der Waals surface area contributed by atoms with Gasteiger partial charge in [-0.2, -0.15) is 0 Å². The largest absolute Gasteiger partial charge is 0.497 e. The first-order chi connectivity index (χ1) is 11.5. The van der Waals surface area contributed by atoms with Crippen LogP contribution in [0.3, 0.4) is 0 Å². The average Bonchev–Trinajstić information content (AvgIpc) is 2.84. The first kappa shape index (κ1) is 17.3. The molecule has 2 aromatic carbocycles. The Morgan fingerprint density at radius 2 is 1.96 bits per heavy atom. The molecule has 0 bridgehead atoms. The molecule has 0 spiro atoms. The van der Waals surface area contributed by atoms with E-state index in [0.29, 0.717) is 25.0 Å². The molecule has 3 rings (SSSR count). The maximum Gasteiger partial charge on any atom is 0.270 e. The molecule has 0 unspecified atom stereocenters. The van der Waals surface area contributed by atoms with E-state index in [-0.39, 0.29) is 5.91 Å². The van der Waals surface area contributed by atoms with Gasteiger partial charge in [0.2, 0.25) is 0 Å². The number of rotatable bonds is 3. The van der Waals surface area contributed by atoms with Gasteiger partial charge in [0.05, 0.1) is 27.7 Å². The van der Waals surface area contributed by atoms with Crippen molar-refractivity contribution in [3.63, 3.8) is 0 Å². The summed E-state index contributed by atoms with van der Waals surface area (Å²) in [7, 11) is 1.60. The zero-order chi connectivity index (χ0) is 17.3. The molecule has 3 nitrogen and oxygen atoms in total. The van der Waals surface area contributed by atoms with Crippen molar-refractivity contribution in [1.29, 1.82) is 0 Å². The lowest BCUT2D eigenvalue weighted by Gasteiger charge is -2.15. The summed E-state index contributed by atoms with van der Waals surface area (Å²) in [5, 5.41) is 0.803. The van der Waals surface area contributed by atoms with Gasteiger partial charge in [-0.05, 0) is 42.0 Å². The van der Waals surface area contributed by atoms with Gasteiger partial charge in [-0.15, -0.1) is 0 Å². The summed E-state index contributed by atoms with van der Waals surface area (Å²) in [6, 6.07) is 12.4. The van der Waals surface area contributed by atoms with Crippen molar-refractivity contribution in [2.24, 2.45) is 0 Å². The summed E-state index contributed by atoms with van der Waals surface area (Å²) < 4.78 is 5.65. The van der Waals surface area contributed by atoms with Crippen LogP contribution in [0.25, 0.3) is 6.08 Å². The van der Waals surface area contributed by atoms with Crippen molar-refractivity contribution in [3.05, 3.63) is 63.0 Å². The monoisotopic (exact) mass is 395 g/mol. The summed E-state index contributed by atoms with van der Waals surface area (Å²) in [6.45, 7) is 0. The van der Waals surface area contributed by atoms with Crippen LogP contribution in [0.1, 0.15) is 5.56 Å². The number of hydrogen-bond donors (Lipinski definition) is 0. The molecule has 1 heterocycles. The molecule has 1 aliphatic rings. The van der Waals surface area contributed by atoms with Gasteiger partial charge < -0.3 is 4.74 Å². The minimum Gasteiger partial charge on any atom is -0.497 e. The van der Waals surface area contributed by atoms with E-state index >= 15 is 0 Å². The third kappa shape index (κ3) is 3.44. The van der Waals surface area contributed by atoms with Crippen LogP contribution in [0.5, 0.6) is 5.75 Å². The lowest BCUT2D eigenvalue weighted by atomic mass is 10.2. The second-order valence-electron chi connectivity index (χ2n) is 4.89. The summed E-state index contributed by atoms with van der Waals surface area (Å²) in [5.74, 6) is 0.537. The molecule has 0 atom stereocenters. The molecule has 0 saturated carbocycles. The third-order valence-corrected chi connectivity index (χ3v) is 5.39. The molecule has 1 aliphatic heterocycles. The molecule has 0 N–H and O–H groups in total. The molecule has 1 fully saturated rings. The Morgan fingerprint density at radius 1 is 1.17 bits per heavy atom. The second kappa shape index (κ2) is 7.15. The maximum atomic E-state index is 12.7. The van der Waals surface area contributed by atoms with Gasteiger partial charge in [-0.25, -0.2) is 0 Å². The van der Waals surface area contributed by atoms with Gasteiger partial charge in [-0.1, -0.05) is 59.3 Å². The van der Waals surface area contributed by atoms with Gasteiger partial charge in [0.25, 0.3) is 5.91 Å². The Hall–Kier alpha value is -1.53. The van der Waals surface area contributed by atoms with Crippen LogP contribution < -0.4 is 9.64 Å². The van der Waals surface area contributed by atoms with Crippen molar-refractivity contribution in [3.8, 4) is 5.75 Å². The molecule has 7 heteroatoms. The van der Waals surface area contributed by atoms with E-state index < -0.39 is 0 Å². The predicted molar refractivity (Wildman–Crippen MR) is 105 cm³/mol. The lowest BCUT2D eigenvalue weighted by molar-refractivity contribution is -0.113. The zero-order valence-corrected chi connectivity index (χ0v) is 15.6. The minimum atomic E-state index is -0.189. The fraction of sp³-hybridized carbons (Fsp3) is 0.0588. The number of halogens is 2. The molecular formula is C17H11Cl2NO2S2. The van der Waals surface area contributed by atoms with Gasteiger partial charge in [-0.3, -0.25) is 9.69 Å². The zero-order valence-electron chi connectivity index (χ0n) is 12.5. The van der Waals surface area contributed by atoms with Crippen molar-refractivity contribution < 1.29 is 9.53 Å². The summed E-state index contributed by atoms with van der Waals surface area (Å²) in [5.41, 5.74) is 1.46. The van der Waals surface area contributed by atoms with E-state index in [2.05, 4.69) is 0 Å². The second-order valence-corrected chi connectivity index (χ2v) is 7.38. The van der Waals surface area contributed by atoms with E-state index in [1.54, 1.807) is 31.4 Å². The van der Waals surface area contributed by atoms with Crippen LogP contribution in [-0.4, -0.2) is 17.3 Å². The third-order valence-electron chi connectivity index (χ3n) is 3.35. The standard InChI is InChI=1S/C17H11Cl2NO2S2/c1-22-12-4-2-3-10(7-12)8-15-16(21)20(17(23)24-15)11-5-6-13(18)14(19)9-11/h2-9H,1H3/b15-8+. The van der Waals surface area contributed by atoms with Crippen LogP contribution in [0.2, 0.25) is 10.0 Å². The maximum absolute atomic E-state index is 12.7. The topological polar surface area (TPSA) is 29.5 Å². The van der Waals surface area contributed by atoms with E-state index in [1.165, 1.54) is 16.7 Å². The predicted octanol–water partition coefficient (Wildman–Crippen LogP) is 5.41. The molecule has 0 radical (unpaired) electrons. The van der Waals surface area contributed by atoms with Crippen molar-refractivity contribution >= 4 is 69.2 Å². The Morgan fingerprint density at radius 3 is 2.67 bits per heavy atom. The Kier molecular flexibility index (Phi) is 5.15. The summed E-state index contributed by atoms with van der Waals surface area (Å²) in [6.07, 6.45) is 1.79. The number of anilines is 1. The highest BCUT2D eigenvalue weighted by molar-refractivity contribution is 8.27. The van der Waals surface area contributed by atoms with Gasteiger partial charge in [0.15, 0.2) is 4.32 Å². The van der Waals surface area contributed by atoms with E-state index in [1.807, 2.05) is 24.3 Å². The highest BCUT2D eigenvalue weighted by atomic mass is 35.5. The highest BCUT2D eigenvalue weighted by Gasteiger charge is 2.33. The van der Waals surface area contributed by atoms with Gasteiger partial charge >= 0.3 is 0 Å². The number of amides is 1. The van der Waals surface area contributed by atoms with Crippen LogP contribution >= 0.6 is 47.2 Å². The highest BCUT2D eigenvalue weighted by Crippen LogP contribution is 2.38. The quantitative estimate of drug-likeness (QED) is 0.513. The van der Waals surface area contributed by atoms with E-state index in [4.69, 9.17) is 40.2 Å². The normalized spacial score (nSPS) is 16.1. The van der Waals surface area contributed by atoms with Crippen LogP contribution in [-0.2, 0) is 4.79 Å². The lowest BCUT2D eigenvalue weighted by Crippen LogP contribution is -2.27. The Balaban J connectivity index is 1.93. The molecule has 0 aromatic heterocycles. The van der Waals surface area contributed by atoms with Crippen LogP contribution in [0.15, 0.2) is 47.4 Å². The molecule has 1 saturated heterocycles. The number of ether oxygens (including phenoxy) is 1. The fourth-order valence-corrected chi connectivity index (χ4v) is 3.79. The first-order valence-electron chi connectivity index (χ1n) is 6.86. The first-order valence-corrected chi connectivity index (χ1v) is 8.85. The van der Waals surface area contributed by atoms with Crippen molar-refractivity contribution in [2.75, 3.05) is 12.0 Å². The molecule has 24 heavy (non-hydrogen) atoms. The Labute approximate surface area is 159 Å². The van der Waals surface area contributed by atoms with Crippen LogP contribution in [0, 0.1) is 0 Å². The molecule has 122 valence electrons. The van der Waals surface area contributed by atoms with Gasteiger partial charge in [0, 0.05) is 0 Å². The average molecular weight is 396 g/mol. The smallest absolute Gasteiger partial charge is 0.270 e. The van der Waals surface area contributed by atoms with Crippen LogP contribution in [0.4, 0.5) is 5.69 Å². The molecule has 2 aromatic rings. The fourth-order valence-electron chi connectivity index (χ4n) is 2.20. The number of methoxy groups -OCH3 is 1. The SMILES string of the molecule is COc1cccc(/C=C2/SC(=S)N(c3ccc(Cl)c(Cl)c3)C2=O)c1.